The number of carbonyl (C=O) groups excluding carboxylic acids is 1. The predicted molar refractivity (Wildman–Crippen MR) is 166 cm³/mol. The number of rotatable bonds is 9. The number of esters is 1. The first-order valence-electron chi connectivity index (χ1n) is 14.8. The maximum absolute atomic E-state index is 13.4. The van der Waals surface area contributed by atoms with Crippen molar-refractivity contribution >= 4 is 23.0 Å². The molecular weight excluding hydrogens is 508 g/mol. The van der Waals surface area contributed by atoms with Gasteiger partial charge in [0, 0.05) is 52.9 Å². The first-order valence-corrected chi connectivity index (χ1v) is 14.8. The fourth-order valence-electron chi connectivity index (χ4n) is 6.00. The number of aryl methyl sites for hydroxylation is 2. The molecule has 0 bridgehead atoms. The molecule has 0 amide bonds. The summed E-state index contributed by atoms with van der Waals surface area (Å²) in [5.74, 6) is 1.13. The Labute approximate surface area is 243 Å². The van der Waals surface area contributed by atoms with Gasteiger partial charge in [0.15, 0.2) is 5.60 Å². The Balaban J connectivity index is 1.50. The molecule has 2 aliphatic heterocycles. The monoisotopic (exact) mass is 546 g/mol. The van der Waals surface area contributed by atoms with Crippen LogP contribution in [0.15, 0.2) is 78.9 Å². The Kier molecular flexibility index (Phi) is 7.21. The zero-order valence-corrected chi connectivity index (χ0v) is 24.4. The minimum Gasteiger partial charge on any atom is -0.456 e. The summed E-state index contributed by atoms with van der Waals surface area (Å²) in [4.78, 5) is 15.8. The highest BCUT2D eigenvalue weighted by Crippen LogP contribution is 2.57. The second kappa shape index (κ2) is 11.0. The molecule has 5 nitrogen and oxygen atoms in total. The lowest BCUT2D eigenvalue weighted by Gasteiger charge is -2.38. The molecule has 0 saturated heterocycles. The van der Waals surface area contributed by atoms with Crippen molar-refractivity contribution in [3.8, 4) is 11.5 Å². The molecule has 41 heavy (non-hydrogen) atoms. The van der Waals surface area contributed by atoms with Gasteiger partial charge < -0.3 is 19.7 Å². The van der Waals surface area contributed by atoms with E-state index in [1.54, 1.807) is 0 Å². The lowest BCUT2D eigenvalue weighted by molar-refractivity contribution is 0.0224. The smallest absolute Gasteiger partial charge is 0.340 e. The van der Waals surface area contributed by atoms with Crippen molar-refractivity contribution in [1.82, 2.24) is 0 Å². The molecule has 0 aliphatic carbocycles. The van der Waals surface area contributed by atoms with Gasteiger partial charge in [-0.1, -0.05) is 62.6 Å². The van der Waals surface area contributed by atoms with Gasteiger partial charge in [-0.05, 0) is 74.7 Å². The van der Waals surface area contributed by atoms with Gasteiger partial charge in [0.1, 0.15) is 11.5 Å². The fourth-order valence-corrected chi connectivity index (χ4v) is 6.00. The first-order chi connectivity index (χ1) is 19.9. The van der Waals surface area contributed by atoms with Gasteiger partial charge in [0.2, 0.25) is 0 Å². The number of fused-ring (bicyclic) bond motifs is 6. The summed E-state index contributed by atoms with van der Waals surface area (Å²) in [5.41, 5.74) is 7.36. The van der Waals surface area contributed by atoms with E-state index in [2.05, 4.69) is 92.5 Å². The summed E-state index contributed by atoms with van der Waals surface area (Å²) in [6.07, 6.45) is 4.56. The molecule has 2 heterocycles. The van der Waals surface area contributed by atoms with E-state index in [0.29, 0.717) is 11.3 Å². The third-order valence-electron chi connectivity index (χ3n) is 8.30. The van der Waals surface area contributed by atoms with E-state index in [1.165, 1.54) is 5.56 Å². The van der Waals surface area contributed by atoms with Crippen LogP contribution in [0.25, 0.3) is 0 Å². The Bertz CT molecular complexity index is 1590. The molecule has 4 aromatic rings. The van der Waals surface area contributed by atoms with E-state index in [-0.39, 0.29) is 5.97 Å². The number of carbonyl (C=O) groups is 1. The zero-order chi connectivity index (χ0) is 28.6. The van der Waals surface area contributed by atoms with Gasteiger partial charge in [-0.25, -0.2) is 4.79 Å². The summed E-state index contributed by atoms with van der Waals surface area (Å²) in [7, 11) is 0. The van der Waals surface area contributed by atoms with Crippen LogP contribution in [0.4, 0.5) is 17.1 Å². The summed E-state index contributed by atoms with van der Waals surface area (Å²) < 4.78 is 13.1. The van der Waals surface area contributed by atoms with Gasteiger partial charge in [-0.3, -0.25) is 0 Å². The van der Waals surface area contributed by atoms with Crippen molar-refractivity contribution in [2.24, 2.45) is 0 Å². The second-order valence-electron chi connectivity index (χ2n) is 11.2. The maximum atomic E-state index is 13.4. The second-order valence-corrected chi connectivity index (χ2v) is 11.2. The molecule has 1 unspecified atom stereocenters. The summed E-state index contributed by atoms with van der Waals surface area (Å²) in [5, 5.41) is 3.58. The van der Waals surface area contributed by atoms with Crippen molar-refractivity contribution in [2.45, 2.75) is 59.0 Å². The van der Waals surface area contributed by atoms with Crippen LogP contribution in [0.3, 0.4) is 0 Å². The highest BCUT2D eigenvalue weighted by Gasteiger charge is 2.53. The van der Waals surface area contributed by atoms with Crippen molar-refractivity contribution in [3.05, 3.63) is 112 Å². The average Bonchev–Trinajstić information content (AvgIpc) is 3.27. The first kappa shape index (κ1) is 26.9. The highest BCUT2D eigenvalue weighted by molar-refractivity contribution is 5.97. The average molecular weight is 547 g/mol. The highest BCUT2D eigenvalue weighted by atomic mass is 16.6. The zero-order valence-electron chi connectivity index (χ0n) is 24.4. The number of benzene rings is 4. The van der Waals surface area contributed by atoms with Gasteiger partial charge in [-0.2, -0.15) is 0 Å². The number of unbranched alkanes of at least 4 members (excludes halogenated alkanes) is 2. The Morgan fingerprint density at radius 2 is 1.49 bits per heavy atom. The summed E-state index contributed by atoms with van der Waals surface area (Å²) >= 11 is 0. The van der Waals surface area contributed by atoms with Gasteiger partial charge >= 0.3 is 5.97 Å². The molecule has 0 saturated carbocycles. The fraction of sp³-hybridized carbons (Fsp3) is 0.306. The number of nitrogens with one attached hydrogen (secondary N) is 1. The molecule has 0 aromatic heterocycles. The van der Waals surface area contributed by atoms with Crippen LogP contribution in [0.5, 0.6) is 11.5 Å². The normalized spacial score (nSPS) is 16.4. The van der Waals surface area contributed by atoms with Crippen LogP contribution in [0.2, 0.25) is 0 Å². The third-order valence-corrected chi connectivity index (χ3v) is 8.30. The molecular formula is C36H38N2O3. The van der Waals surface area contributed by atoms with Gasteiger partial charge in [-0.15, -0.1) is 0 Å². The SMILES string of the molecule is CCCCN(CCCC)c1ccc2c(c1)Oc1cc(C)c(Nc3ccc(C)cc3)cc1C21OC(=O)c2ccccc21. The Hall–Kier alpha value is -4.25. The minimum absolute atomic E-state index is 0.315. The molecule has 210 valence electrons. The third kappa shape index (κ3) is 4.73. The Morgan fingerprint density at radius 3 is 2.22 bits per heavy atom. The molecule has 0 fully saturated rings. The van der Waals surface area contributed by atoms with Gasteiger partial charge in [0.25, 0.3) is 0 Å². The molecule has 4 aromatic carbocycles. The lowest BCUT2D eigenvalue weighted by Crippen LogP contribution is -2.33. The van der Waals surface area contributed by atoms with E-state index in [1.807, 2.05) is 24.3 Å². The molecule has 0 radical (unpaired) electrons. The molecule has 2 aliphatic rings. The summed E-state index contributed by atoms with van der Waals surface area (Å²) in [6, 6.07) is 26.6. The predicted octanol–water partition coefficient (Wildman–Crippen LogP) is 9.02. The van der Waals surface area contributed by atoms with Crippen molar-refractivity contribution in [2.75, 3.05) is 23.3 Å². The van der Waals surface area contributed by atoms with Crippen molar-refractivity contribution in [1.29, 1.82) is 0 Å². The maximum Gasteiger partial charge on any atom is 0.340 e. The van der Waals surface area contributed by atoms with E-state index in [9.17, 15) is 4.79 Å². The quantitative estimate of drug-likeness (QED) is 0.212. The van der Waals surface area contributed by atoms with Crippen LogP contribution in [0.1, 0.15) is 77.7 Å². The van der Waals surface area contributed by atoms with Crippen molar-refractivity contribution < 1.29 is 14.3 Å². The largest absolute Gasteiger partial charge is 0.456 e. The number of hydrogen-bond acceptors (Lipinski definition) is 5. The van der Waals surface area contributed by atoms with Crippen molar-refractivity contribution in [3.63, 3.8) is 0 Å². The van der Waals surface area contributed by atoms with Crippen LogP contribution in [-0.2, 0) is 10.3 Å². The summed E-state index contributed by atoms with van der Waals surface area (Å²) in [6.45, 7) is 10.6. The topological polar surface area (TPSA) is 50.8 Å². The number of anilines is 3. The van der Waals surface area contributed by atoms with Crippen LogP contribution in [0, 0.1) is 13.8 Å². The minimum atomic E-state index is -1.09. The van der Waals surface area contributed by atoms with Crippen LogP contribution < -0.4 is 15.0 Å². The van der Waals surface area contributed by atoms with Crippen LogP contribution in [-0.4, -0.2) is 19.1 Å². The van der Waals surface area contributed by atoms with E-state index < -0.39 is 5.60 Å². The molecule has 1 atom stereocenters. The van der Waals surface area contributed by atoms with E-state index in [4.69, 9.17) is 9.47 Å². The van der Waals surface area contributed by atoms with Crippen LogP contribution >= 0.6 is 0 Å². The molecule has 1 spiro atoms. The molecule has 6 rings (SSSR count). The number of hydrogen-bond donors (Lipinski definition) is 1. The standard InChI is InChI=1S/C36H38N2O3/c1-5-7-19-38(20-8-6-2)27-17-18-30-34(22-27)40-33-21-25(4)32(37-26-15-13-24(3)14-16-26)23-31(33)36(30)29-12-10-9-11-28(29)35(39)41-36/h9-18,21-23,37H,5-8,19-20H2,1-4H3. The molecule has 1 N–H and O–H groups in total. The Morgan fingerprint density at radius 1 is 0.780 bits per heavy atom. The number of ether oxygens (including phenoxy) is 2. The molecule has 5 heteroatoms. The number of nitrogens with zero attached hydrogens (tertiary/aromatic N) is 1. The van der Waals surface area contributed by atoms with E-state index >= 15 is 0 Å². The van der Waals surface area contributed by atoms with E-state index in [0.717, 1.165) is 83.8 Å². The van der Waals surface area contributed by atoms with Gasteiger partial charge in [0.05, 0.1) is 5.56 Å². The lowest BCUT2D eigenvalue weighted by atomic mass is 9.77.